The fourth-order valence-electron chi connectivity index (χ4n) is 1.85. The van der Waals surface area contributed by atoms with E-state index in [1.807, 2.05) is 24.3 Å². The first-order chi connectivity index (χ1) is 8.99. The van der Waals surface area contributed by atoms with E-state index >= 15 is 0 Å². The van der Waals surface area contributed by atoms with E-state index in [9.17, 15) is 4.79 Å². The molecule has 0 spiro atoms. The van der Waals surface area contributed by atoms with Gasteiger partial charge in [-0.05, 0) is 45.6 Å². The van der Waals surface area contributed by atoms with Gasteiger partial charge in [0.1, 0.15) is 0 Å². The Bertz CT molecular complexity index is 603. The van der Waals surface area contributed by atoms with Crippen molar-refractivity contribution < 1.29 is 4.79 Å². The van der Waals surface area contributed by atoms with Crippen LogP contribution in [0.2, 0.25) is 5.02 Å². The van der Waals surface area contributed by atoms with Crippen molar-refractivity contribution in [3.63, 3.8) is 0 Å². The van der Waals surface area contributed by atoms with Gasteiger partial charge in [0, 0.05) is 20.6 Å². The Balaban J connectivity index is 2.33. The molecule has 2 rings (SSSR count). The summed E-state index contributed by atoms with van der Waals surface area (Å²) in [5, 5.41) is 0.610. The Hall–Kier alpha value is -1.12. The second-order valence-corrected chi connectivity index (χ2v) is 6.02. The van der Waals surface area contributed by atoms with Gasteiger partial charge in [-0.1, -0.05) is 49.7 Å². The molecule has 0 aliphatic carbocycles. The SMILES string of the molecule is CC(C)c1ccc(C(=O)c2ccc(Cl)cc2Br)cc1. The average Bonchev–Trinajstić information content (AvgIpc) is 2.38. The summed E-state index contributed by atoms with van der Waals surface area (Å²) in [6.45, 7) is 4.26. The second-order valence-electron chi connectivity index (χ2n) is 4.73. The molecule has 0 saturated carbocycles. The van der Waals surface area contributed by atoms with E-state index in [0.29, 0.717) is 22.1 Å². The lowest BCUT2D eigenvalue weighted by atomic mass is 9.98. The maximum atomic E-state index is 12.4. The number of carbonyl (C=O) groups excluding carboxylic acids is 1. The van der Waals surface area contributed by atoms with Crippen LogP contribution in [-0.4, -0.2) is 5.78 Å². The molecule has 0 unspecified atom stereocenters. The maximum absolute atomic E-state index is 12.4. The van der Waals surface area contributed by atoms with E-state index in [4.69, 9.17) is 11.6 Å². The quantitative estimate of drug-likeness (QED) is 0.680. The fourth-order valence-corrected chi connectivity index (χ4v) is 2.71. The summed E-state index contributed by atoms with van der Waals surface area (Å²) in [4.78, 5) is 12.4. The predicted octanol–water partition coefficient (Wildman–Crippen LogP) is 5.46. The van der Waals surface area contributed by atoms with E-state index in [1.54, 1.807) is 18.2 Å². The van der Waals surface area contributed by atoms with Crippen molar-refractivity contribution in [3.05, 3.63) is 68.7 Å². The number of carbonyl (C=O) groups is 1. The lowest BCUT2D eigenvalue weighted by molar-refractivity contribution is 0.103. The van der Waals surface area contributed by atoms with Gasteiger partial charge in [0.2, 0.25) is 0 Å². The molecule has 0 aliphatic rings. The highest BCUT2D eigenvalue weighted by molar-refractivity contribution is 9.10. The van der Waals surface area contributed by atoms with Crippen molar-refractivity contribution in [2.45, 2.75) is 19.8 Å². The monoisotopic (exact) mass is 336 g/mol. The molecule has 0 bridgehead atoms. The van der Waals surface area contributed by atoms with Crippen LogP contribution in [0.5, 0.6) is 0 Å². The molecule has 2 aromatic carbocycles. The minimum atomic E-state index is -0.00107. The minimum Gasteiger partial charge on any atom is -0.289 e. The molecule has 0 saturated heterocycles. The van der Waals surface area contributed by atoms with Gasteiger partial charge in [0.25, 0.3) is 0 Å². The molecule has 98 valence electrons. The van der Waals surface area contributed by atoms with E-state index in [-0.39, 0.29) is 5.78 Å². The van der Waals surface area contributed by atoms with Gasteiger partial charge in [0.05, 0.1) is 0 Å². The Morgan fingerprint density at radius 2 is 1.74 bits per heavy atom. The largest absolute Gasteiger partial charge is 0.289 e. The summed E-state index contributed by atoms with van der Waals surface area (Å²) in [6, 6.07) is 12.9. The van der Waals surface area contributed by atoms with Crippen LogP contribution in [0.1, 0.15) is 41.3 Å². The predicted molar refractivity (Wildman–Crippen MR) is 83.1 cm³/mol. The smallest absolute Gasteiger partial charge is 0.194 e. The molecule has 19 heavy (non-hydrogen) atoms. The van der Waals surface area contributed by atoms with E-state index in [0.717, 1.165) is 4.47 Å². The Labute approximate surface area is 126 Å². The molecule has 0 radical (unpaired) electrons. The van der Waals surface area contributed by atoms with Gasteiger partial charge >= 0.3 is 0 Å². The summed E-state index contributed by atoms with van der Waals surface area (Å²) in [5.74, 6) is 0.463. The zero-order valence-corrected chi connectivity index (χ0v) is 13.1. The summed E-state index contributed by atoms with van der Waals surface area (Å²) in [6.07, 6.45) is 0. The molecule has 0 heterocycles. The molecule has 0 aromatic heterocycles. The fraction of sp³-hybridized carbons (Fsp3) is 0.188. The summed E-state index contributed by atoms with van der Waals surface area (Å²) in [5.41, 5.74) is 2.54. The van der Waals surface area contributed by atoms with Crippen molar-refractivity contribution in [3.8, 4) is 0 Å². The average molecular weight is 338 g/mol. The molecule has 1 nitrogen and oxygen atoms in total. The Kier molecular flexibility index (Phi) is 4.43. The van der Waals surface area contributed by atoms with Crippen LogP contribution in [0, 0.1) is 0 Å². The molecule has 0 fully saturated rings. The third-order valence-electron chi connectivity index (χ3n) is 3.02. The lowest BCUT2D eigenvalue weighted by Crippen LogP contribution is -2.02. The molecule has 0 N–H and O–H groups in total. The van der Waals surface area contributed by atoms with Crippen LogP contribution >= 0.6 is 27.5 Å². The van der Waals surface area contributed by atoms with Gasteiger partial charge < -0.3 is 0 Å². The van der Waals surface area contributed by atoms with Crippen LogP contribution in [0.25, 0.3) is 0 Å². The third kappa shape index (κ3) is 3.26. The van der Waals surface area contributed by atoms with Crippen LogP contribution in [0.4, 0.5) is 0 Å². The number of ketones is 1. The number of halogens is 2. The Morgan fingerprint density at radius 1 is 1.11 bits per heavy atom. The van der Waals surface area contributed by atoms with E-state index < -0.39 is 0 Å². The first-order valence-electron chi connectivity index (χ1n) is 6.08. The number of hydrogen-bond acceptors (Lipinski definition) is 1. The molecule has 0 amide bonds. The van der Waals surface area contributed by atoms with Crippen molar-refractivity contribution in [2.75, 3.05) is 0 Å². The highest BCUT2D eigenvalue weighted by atomic mass is 79.9. The summed E-state index contributed by atoms with van der Waals surface area (Å²) in [7, 11) is 0. The zero-order valence-electron chi connectivity index (χ0n) is 10.8. The molecule has 2 aromatic rings. The molecule has 3 heteroatoms. The summed E-state index contributed by atoms with van der Waals surface area (Å²) < 4.78 is 0.720. The minimum absolute atomic E-state index is 0.00107. The van der Waals surface area contributed by atoms with Crippen molar-refractivity contribution in [2.24, 2.45) is 0 Å². The first kappa shape index (κ1) is 14.3. The Morgan fingerprint density at radius 3 is 2.26 bits per heavy atom. The highest BCUT2D eigenvalue weighted by Gasteiger charge is 2.13. The molecular formula is C16H14BrClO. The molecular weight excluding hydrogens is 324 g/mol. The van der Waals surface area contributed by atoms with E-state index in [1.165, 1.54) is 5.56 Å². The van der Waals surface area contributed by atoms with Gasteiger partial charge in [-0.25, -0.2) is 0 Å². The normalized spacial score (nSPS) is 10.8. The highest BCUT2D eigenvalue weighted by Crippen LogP contribution is 2.24. The second kappa shape index (κ2) is 5.89. The first-order valence-corrected chi connectivity index (χ1v) is 7.26. The lowest BCUT2D eigenvalue weighted by Gasteiger charge is -2.07. The molecule has 0 aliphatic heterocycles. The van der Waals surface area contributed by atoms with Crippen molar-refractivity contribution in [1.82, 2.24) is 0 Å². The third-order valence-corrected chi connectivity index (χ3v) is 3.91. The van der Waals surface area contributed by atoms with Crippen LogP contribution in [0.3, 0.4) is 0 Å². The maximum Gasteiger partial charge on any atom is 0.194 e. The number of rotatable bonds is 3. The van der Waals surface area contributed by atoms with Gasteiger partial charge in [-0.2, -0.15) is 0 Å². The number of hydrogen-bond donors (Lipinski definition) is 0. The molecule has 0 atom stereocenters. The van der Waals surface area contributed by atoms with Gasteiger partial charge in [-0.15, -0.1) is 0 Å². The van der Waals surface area contributed by atoms with Crippen molar-refractivity contribution in [1.29, 1.82) is 0 Å². The zero-order chi connectivity index (χ0) is 14.0. The standard InChI is InChI=1S/C16H14BrClO/c1-10(2)11-3-5-12(6-4-11)16(19)14-8-7-13(18)9-15(14)17/h3-10H,1-2H3. The summed E-state index contributed by atoms with van der Waals surface area (Å²) >= 11 is 9.26. The van der Waals surface area contributed by atoms with Crippen molar-refractivity contribution >= 4 is 33.3 Å². The van der Waals surface area contributed by atoms with E-state index in [2.05, 4.69) is 29.8 Å². The van der Waals surface area contributed by atoms with Crippen LogP contribution in [-0.2, 0) is 0 Å². The van der Waals surface area contributed by atoms with Gasteiger partial charge in [0.15, 0.2) is 5.78 Å². The van der Waals surface area contributed by atoms with Gasteiger partial charge in [-0.3, -0.25) is 4.79 Å². The topological polar surface area (TPSA) is 17.1 Å². The van der Waals surface area contributed by atoms with Crippen LogP contribution in [0.15, 0.2) is 46.9 Å². The van der Waals surface area contributed by atoms with Crippen LogP contribution < -0.4 is 0 Å². The number of benzene rings is 2.